The average Bonchev–Trinajstić information content (AvgIpc) is 2.34. The summed E-state index contributed by atoms with van der Waals surface area (Å²) in [4.78, 5) is 11.9. The van der Waals surface area contributed by atoms with Crippen LogP contribution >= 0.6 is 0 Å². The molecule has 0 aliphatic carbocycles. The molecule has 0 fully saturated rings. The van der Waals surface area contributed by atoms with Crippen LogP contribution in [-0.4, -0.2) is 12.5 Å². The van der Waals surface area contributed by atoms with E-state index in [2.05, 4.69) is 11.9 Å². The van der Waals surface area contributed by atoms with E-state index in [1.165, 1.54) is 0 Å². The van der Waals surface area contributed by atoms with Crippen LogP contribution in [-0.2, 0) is 4.79 Å². The van der Waals surface area contributed by atoms with Gasteiger partial charge in [-0.3, -0.25) is 4.79 Å². The Morgan fingerprint density at radius 1 is 1.38 bits per heavy atom. The Labute approximate surface area is 96.7 Å². The summed E-state index contributed by atoms with van der Waals surface area (Å²) < 4.78 is 0. The first-order valence-corrected chi connectivity index (χ1v) is 5.44. The van der Waals surface area contributed by atoms with E-state index in [1.807, 2.05) is 43.3 Å². The van der Waals surface area contributed by atoms with Gasteiger partial charge < -0.3 is 5.32 Å². The second-order valence-electron chi connectivity index (χ2n) is 3.39. The molecule has 1 rings (SSSR count). The molecule has 2 nitrogen and oxygen atoms in total. The molecule has 0 radical (unpaired) electrons. The quantitative estimate of drug-likeness (QED) is 0.594. The molecule has 1 N–H and O–H groups in total. The maximum absolute atomic E-state index is 11.9. The number of hydrogen-bond acceptors (Lipinski definition) is 1. The summed E-state index contributed by atoms with van der Waals surface area (Å²) in [6.07, 6.45) is 4.45. The summed E-state index contributed by atoms with van der Waals surface area (Å²) in [7, 11) is 0. The fraction of sp³-hybridized carbons (Fsp3) is 0.214. The predicted molar refractivity (Wildman–Crippen MR) is 67.9 cm³/mol. The van der Waals surface area contributed by atoms with Crippen LogP contribution in [0.2, 0.25) is 0 Å². The van der Waals surface area contributed by atoms with Crippen LogP contribution in [0, 0.1) is 0 Å². The van der Waals surface area contributed by atoms with Crippen molar-refractivity contribution in [3.63, 3.8) is 0 Å². The van der Waals surface area contributed by atoms with Crippen LogP contribution in [0.3, 0.4) is 0 Å². The van der Waals surface area contributed by atoms with Crippen molar-refractivity contribution in [3.8, 4) is 0 Å². The van der Waals surface area contributed by atoms with Crippen molar-refractivity contribution in [2.24, 2.45) is 0 Å². The number of amides is 1. The minimum absolute atomic E-state index is 0.0482. The number of allylic oxidation sites excluding steroid dienone is 1. The van der Waals surface area contributed by atoms with Gasteiger partial charge in [0.1, 0.15) is 0 Å². The van der Waals surface area contributed by atoms with Gasteiger partial charge in [0.15, 0.2) is 0 Å². The Kier molecular flexibility index (Phi) is 5.06. The molecule has 0 unspecified atom stereocenters. The van der Waals surface area contributed by atoms with Crippen LogP contribution in [0.25, 0.3) is 5.57 Å². The van der Waals surface area contributed by atoms with E-state index < -0.39 is 0 Å². The Hall–Kier alpha value is -1.83. The maximum Gasteiger partial charge on any atom is 0.251 e. The van der Waals surface area contributed by atoms with Gasteiger partial charge in [-0.25, -0.2) is 0 Å². The summed E-state index contributed by atoms with van der Waals surface area (Å²) in [6.45, 7) is 6.09. The lowest BCUT2D eigenvalue weighted by Gasteiger charge is -2.07. The topological polar surface area (TPSA) is 29.1 Å². The van der Waals surface area contributed by atoms with Gasteiger partial charge in [-0.15, -0.1) is 6.58 Å². The van der Waals surface area contributed by atoms with E-state index in [-0.39, 0.29) is 5.91 Å². The van der Waals surface area contributed by atoms with Gasteiger partial charge in [0.05, 0.1) is 0 Å². The van der Waals surface area contributed by atoms with Crippen LogP contribution in [0.15, 0.2) is 49.1 Å². The van der Waals surface area contributed by atoms with Crippen LogP contribution in [0.1, 0.15) is 18.9 Å². The molecule has 1 amide bonds. The van der Waals surface area contributed by atoms with Gasteiger partial charge in [0, 0.05) is 12.1 Å². The molecule has 16 heavy (non-hydrogen) atoms. The molecule has 0 aliphatic heterocycles. The second-order valence-corrected chi connectivity index (χ2v) is 3.39. The zero-order chi connectivity index (χ0) is 11.8. The van der Waals surface area contributed by atoms with Crippen LogP contribution in [0.4, 0.5) is 0 Å². The first-order chi connectivity index (χ1) is 7.79. The number of hydrogen-bond donors (Lipinski definition) is 1. The van der Waals surface area contributed by atoms with E-state index in [9.17, 15) is 4.79 Å². The standard InChI is InChI=1S/C14H17NO/c1-3-8-13(14(16)15-11-4-2)12-9-6-5-7-10-12/h4-10H,2-3,11H2,1H3,(H,15,16). The highest BCUT2D eigenvalue weighted by molar-refractivity contribution is 6.19. The normalized spacial score (nSPS) is 10.9. The minimum atomic E-state index is -0.0482. The fourth-order valence-electron chi connectivity index (χ4n) is 1.42. The third-order valence-corrected chi connectivity index (χ3v) is 2.14. The lowest BCUT2D eigenvalue weighted by Crippen LogP contribution is -2.24. The number of rotatable bonds is 5. The first kappa shape index (κ1) is 12.2. The highest BCUT2D eigenvalue weighted by atomic mass is 16.1. The Balaban J connectivity index is 2.88. The van der Waals surface area contributed by atoms with Gasteiger partial charge in [-0.2, -0.15) is 0 Å². The molecule has 2 heteroatoms. The summed E-state index contributed by atoms with van der Waals surface area (Å²) in [5.41, 5.74) is 1.68. The largest absolute Gasteiger partial charge is 0.349 e. The molecular weight excluding hydrogens is 198 g/mol. The third-order valence-electron chi connectivity index (χ3n) is 2.14. The van der Waals surface area contributed by atoms with Gasteiger partial charge in [0.2, 0.25) is 0 Å². The molecule has 0 heterocycles. The van der Waals surface area contributed by atoms with Crippen molar-refractivity contribution in [2.75, 3.05) is 6.54 Å². The van der Waals surface area contributed by atoms with E-state index in [4.69, 9.17) is 0 Å². The van der Waals surface area contributed by atoms with E-state index in [1.54, 1.807) is 6.08 Å². The highest BCUT2D eigenvalue weighted by Gasteiger charge is 2.09. The van der Waals surface area contributed by atoms with Gasteiger partial charge in [-0.05, 0) is 12.0 Å². The predicted octanol–water partition coefficient (Wildman–Crippen LogP) is 2.78. The van der Waals surface area contributed by atoms with Gasteiger partial charge >= 0.3 is 0 Å². The van der Waals surface area contributed by atoms with Crippen molar-refractivity contribution < 1.29 is 4.79 Å². The molecule has 1 aromatic carbocycles. The highest BCUT2D eigenvalue weighted by Crippen LogP contribution is 2.14. The zero-order valence-corrected chi connectivity index (χ0v) is 9.57. The Morgan fingerprint density at radius 2 is 2.06 bits per heavy atom. The summed E-state index contributed by atoms with van der Waals surface area (Å²) in [6, 6.07) is 9.68. The molecule has 0 saturated carbocycles. The average molecular weight is 215 g/mol. The van der Waals surface area contributed by atoms with Crippen molar-refractivity contribution in [1.29, 1.82) is 0 Å². The SMILES string of the molecule is C=CCNC(=O)C(=CCC)c1ccccc1. The lowest BCUT2D eigenvalue weighted by molar-refractivity contribution is -0.115. The van der Waals surface area contributed by atoms with Crippen molar-refractivity contribution in [3.05, 3.63) is 54.6 Å². The smallest absolute Gasteiger partial charge is 0.251 e. The monoisotopic (exact) mass is 215 g/mol. The molecule has 1 aromatic rings. The summed E-state index contributed by atoms with van der Waals surface area (Å²) in [5, 5.41) is 2.79. The lowest BCUT2D eigenvalue weighted by atomic mass is 10.0. The molecule has 84 valence electrons. The molecule has 0 aliphatic rings. The van der Waals surface area contributed by atoms with Crippen molar-refractivity contribution in [2.45, 2.75) is 13.3 Å². The number of benzene rings is 1. The van der Waals surface area contributed by atoms with E-state index >= 15 is 0 Å². The minimum Gasteiger partial charge on any atom is -0.349 e. The molecule has 0 saturated heterocycles. The first-order valence-electron chi connectivity index (χ1n) is 5.44. The number of carbonyl (C=O) groups is 1. The maximum atomic E-state index is 11.9. The van der Waals surface area contributed by atoms with Crippen LogP contribution < -0.4 is 5.32 Å². The Morgan fingerprint density at radius 3 is 2.62 bits per heavy atom. The van der Waals surface area contributed by atoms with Gasteiger partial charge in [0.25, 0.3) is 5.91 Å². The van der Waals surface area contributed by atoms with E-state index in [0.717, 1.165) is 17.6 Å². The fourth-order valence-corrected chi connectivity index (χ4v) is 1.42. The van der Waals surface area contributed by atoms with Crippen molar-refractivity contribution in [1.82, 2.24) is 5.32 Å². The van der Waals surface area contributed by atoms with Crippen molar-refractivity contribution >= 4 is 11.5 Å². The molecule has 0 spiro atoms. The number of carbonyl (C=O) groups excluding carboxylic acids is 1. The van der Waals surface area contributed by atoms with Gasteiger partial charge in [-0.1, -0.05) is 49.4 Å². The summed E-state index contributed by atoms with van der Waals surface area (Å²) in [5.74, 6) is -0.0482. The third kappa shape index (κ3) is 3.39. The van der Waals surface area contributed by atoms with Crippen LogP contribution in [0.5, 0.6) is 0 Å². The zero-order valence-electron chi connectivity index (χ0n) is 9.57. The van der Waals surface area contributed by atoms with E-state index in [0.29, 0.717) is 6.54 Å². The molecule has 0 bridgehead atoms. The number of nitrogens with one attached hydrogen (secondary N) is 1. The molecule has 0 aromatic heterocycles. The summed E-state index contributed by atoms with van der Waals surface area (Å²) >= 11 is 0. The molecular formula is C14H17NO. The second kappa shape index (κ2) is 6.62. The Bertz CT molecular complexity index is 379. The molecule has 0 atom stereocenters.